The minimum Gasteiger partial charge on any atom is -0.356 e. The summed E-state index contributed by atoms with van der Waals surface area (Å²) in [6, 6.07) is 3.72. The van der Waals surface area contributed by atoms with Crippen molar-refractivity contribution in [3.8, 4) is 0 Å². The molecule has 1 atom stereocenters. The van der Waals surface area contributed by atoms with E-state index in [2.05, 4.69) is 15.6 Å². The van der Waals surface area contributed by atoms with Gasteiger partial charge in [-0.2, -0.15) is 0 Å². The van der Waals surface area contributed by atoms with Crippen molar-refractivity contribution in [3.63, 3.8) is 0 Å². The van der Waals surface area contributed by atoms with Crippen molar-refractivity contribution in [2.24, 2.45) is 10.9 Å². The SMILES string of the molecule is CN=C(NCCc1cc(F)cc(F)c1)NC1CCN(C(=O)C2CCCC2)C1. The first-order valence-electron chi connectivity index (χ1n) is 9.76. The number of nitrogens with one attached hydrogen (secondary N) is 2. The first-order valence-corrected chi connectivity index (χ1v) is 9.76. The molecular formula is C20H28F2N4O. The van der Waals surface area contributed by atoms with Gasteiger partial charge in [-0.3, -0.25) is 9.79 Å². The molecule has 2 aliphatic rings. The minimum atomic E-state index is -0.564. The molecule has 0 aromatic heterocycles. The lowest BCUT2D eigenvalue weighted by Crippen LogP contribution is -2.45. The highest BCUT2D eigenvalue weighted by Crippen LogP contribution is 2.27. The topological polar surface area (TPSA) is 56.7 Å². The fourth-order valence-corrected chi connectivity index (χ4v) is 3.98. The number of benzene rings is 1. The number of amides is 1. The van der Waals surface area contributed by atoms with E-state index in [1.807, 2.05) is 4.90 Å². The van der Waals surface area contributed by atoms with Crippen LogP contribution in [0.3, 0.4) is 0 Å². The molecule has 27 heavy (non-hydrogen) atoms. The van der Waals surface area contributed by atoms with E-state index in [0.717, 1.165) is 44.7 Å². The second-order valence-electron chi connectivity index (χ2n) is 7.42. The van der Waals surface area contributed by atoms with Gasteiger partial charge in [-0.05, 0) is 43.4 Å². The van der Waals surface area contributed by atoms with Crippen molar-refractivity contribution < 1.29 is 13.6 Å². The van der Waals surface area contributed by atoms with Gasteiger partial charge in [-0.25, -0.2) is 8.78 Å². The first kappa shape index (κ1) is 19.6. The van der Waals surface area contributed by atoms with Crippen molar-refractivity contribution in [2.75, 3.05) is 26.7 Å². The molecule has 5 nitrogen and oxygen atoms in total. The third kappa shape index (κ3) is 5.40. The quantitative estimate of drug-likeness (QED) is 0.611. The van der Waals surface area contributed by atoms with E-state index in [0.29, 0.717) is 36.9 Å². The molecule has 0 spiro atoms. The summed E-state index contributed by atoms with van der Waals surface area (Å²) in [6.07, 6.45) is 5.77. The second kappa shape index (κ2) is 9.15. The van der Waals surface area contributed by atoms with Gasteiger partial charge in [0, 0.05) is 44.7 Å². The van der Waals surface area contributed by atoms with Crippen LogP contribution in [0, 0.1) is 17.6 Å². The van der Waals surface area contributed by atoms with E-state index in [1.54, 1.807) is 7.05 Å². The van der Waals surface area contributed by atoms with Gasteiger partial charge in [-0.1, -0.05) is 12.8 Å². The lowest BCUT2D eigenvalue weighted by molar-refractivity contribution is -0.134. The standard InChI is InChI=1S/C20H28F2N4O/c1-23-20(24-8-6-14-10-16(21)12-17(22)11-14)25-18-7-9-26(13-18)19(27)15-4-2-3-5-15/h10-12,15,18H,2-9,13H2,1H3,(H2,23,24,25). The second-order valence-corrected chi connectivity index (χ2v) is 7.42. The lowest BCUT2D eigenvalue weighted by atomic mass is 10.1. The zero-order valence-corrected chi connectivity index (χ0v) is 15.8. The van der Waals surface area contributed by atoms with Crippen LogP contribution in [0.15, 0.2) is 23.2 Å². The Kier molecular flexibility index (Phi) is 6.63. The average Bonchev–Trinajstić information content (AvgIpc) is 3.31. The van der Waals surface area contributed by atoms with Crippen LogP contribution >= 0.6 is 0 Å². The van der Waals surface area contributed by atoms with Crippen molar-refractivity contribution in [3.05, 3.63) is 35.4 Å². The molecule has 1 heterocycles. The number of hydrogen-bond donors (Lipinski definition) is 2. The lowest BCUT2D eigenvalue weighted by Gasteiger charge is -2.21. The summed E-state index contributed by atoms with van der Waals surface area (Å²) in [5.41, 5.74) is 0.602. The van der Waals surface area contributed by atoms with Crippen molar-refractivity contribution in [2.45, 2.75) is 44.6 Å². The number of carbonyl (C=O) groups excluding carboxylic acids is 1. The van der Waals surface area contributed by atoms with Crippen LogP contribution < -0.4 is 10.6 Å². The minimum absolute atomic E-state index is 0.174. The van der Waals surface area contributed by atoms with Crippen LogP contribution in [-0.2, 0) is 11.2 Å². The number of carbonyl (C=O) groups is 1. The fourth-order valence-electron chi connectivity index (χ4n) is 3.98. The van der Waals surface area contributed by atoms with Gasteiger partial charge in [0.25, 0.3) is 0 Å². The third-order valence-corrected chi connectivity index (χ3v) is 5.40. The molecule has 2 N–H and O–H groups in total. The van der Waals surface area contributed by atoms with Crippen LogP contribution in [0.2, 0.25) is 0 Å². The van der Waals surface area contributed by atoms with E-state index in [9.17, 15) is 13.6 Å². The van der Waals surface area contributed by atoms with Crippen molar-refractivity contribution >= 4 is 11.9 Å². The number of aliphatic imine (C=N–C) groups is 1. The number of halogens is 2. The Morgan fingerprint density at radius 2 is 1.89 bits per heavy atom. The first-order chi connectivity index (χ1) is 13.0. The Labute approximate surface area is 159 Å². The molecule has 1 unspecified atom stereocenters. The summed E-state index contributed by atoms with van der Waals surface area (Å²) in [4.78, 5) is 18.7. The van der Waals surface area contributed by atoms with Gasteiger partial charge >= 0.3 is 0 Å². The summed E-state index contributed by atoms with van der Waals surface area (Å²) in [5.74, 6) is 0.0312. The highest BCUT2D eigenvalue weighted by molar-refractivity contribution is 5.81. The smallest absolute Gasteiger partial charge is 0.225 e. The normalized spacial score (nSPS) is 20.9. The zero-order chi connectivity index (χ0) is 19.2. The predicted molar refractivity (Wildman–Crippen MR) is 102 cm³/mol. The fraction of sp³-hybridized carbons (Fsp3) is 0.600. The van der Waals surface area contributed by atoms with E-state index in [1.165, 1.54) is 12.1 Å². The predicted octanol–water partition coefficient (Wildman–Crippen LogP) is 2.46. The zero-order valence-electron chi connectivity index (χ0n) is 15.8. The number of nitrogens with zero attached hydrogens (tertiary/aromatic N) is 2. The van der Waals surface area contributed by atoms with Gasteiger partial charge in [0.15, 0.2) is 5.96 Å². The number of rotatable bonds is 5. The maximum absolute atomic E-state index is 13.2. The van der Waals surface area contributed by atoms with E-state index < -0.39 is 11.6 Å². The number of likely N-dealkylation sites (tertiary alicyclic amines) is 1. The molecule has 1 saturated carbocycles. The summed E-state index contributed by atoms with van der Waals surface area (Å²) in [6.45, 7) is 2.00. The summed E-state index contributed by atoms with van der Waals surface area (Å²) in [5, 5.41) is 6.52. The molecule has 1 saturated heterocycles. The maximum atomic E-state index is 13.2. The Balaban J connectivity index is 1.43. The van der Waals surface area contributed by atoms with Crippen LogP contribution in [0.1, 0.15) is 37.7 Å². The Bertz CT molecular complexity index is 668. The van der Waals surface area contributed by atoms with Crippen LogP contribution in [0.25, 0.3) is 0 Å². The highest BCUT2D eigenvalue weighted by Gasteiger charge is 2.32. The largest absolute Gasteiger partial charge is 0.356 e. The van der Waals surface area contributed by atoms with Crippen LogP contribution in [0.5, 0.6) is 0 Å². The Morgan fingerprint density at radius 3 is 2.56 bits per heavy atom. The summed E-state index contributed by atoms with van der Waals surface area (Å²) >= 11 is 0. The molecule has 0 bridgehead atoms. The van der Waals surface area contributed by atoms with Crippen molar-refractivity contribution in [1.29, 1.82) is 0 Å². The molecule has 1 aromatic carbocycles. The molecule has 1 aliphatic carbocycles. The molecule has 148 valence electrons. The molecule has 7 heteroatoms. The molecule has 1 aliphatic heterocycles. The van der Waals surface area contributed by atoms with Gasteiger partial charge in [0.1, 0.15) is 11.6 Å². The van der Waals surface area contributed by atoms with E-state index in [-0.39, 0.29) is 12.0 Å². The van der Waals surface area contributed by atoms with Gasteiger partial charge in [0.05, 0.1) is 0 Å². The molecule has 1 amide bonds. The van der Waals surface area contributed by atoms with E-state index in [4.69, 9.17) is 0 Å². The molecule has 2 fully saturated rings. The van der Waals surface area contributed by atoms with Gasteiger partial charge < -0.3 is 15.5 Å². The Hall–Kier alpha value is -2.18. The Morgan fingerprint density at radius 1 is 1.19 bits per heavy atom. The molecule has 0 radical (unpaired) electrons. The third-order valence-electron chi connectivity index (χ3n) is 5.40. The van der Waals surface area contributed by atoms with Gasteiger partial charge in [0.2, 0.25) is 5.91 Å². The monoisotopic (exact) mass is 378 g/mol. The summed E-state index contributed by atoms with van der Waals surface area (Å²) < 4.78 is 26.5. The summed E-state index contributed by atoms with van der Waals surface area (Å²) in [7, 11) is 1.69. The van der Waals surface area contributed by atoms with E-state index >= 15 is 0 Å². The van der Waals surface area contributed by atoms with Crippen LogP contribution in [-0.4, -0.2) is 49.5 Å². The molecule has 1 aromatic rings. The molecular weight excluding hydrogens is 350 g/mol. The number of guanidine groups is 1. The average molecular weight is 378 g/mol. The molecule has 3 rings (SSSR count). The highest BCUT2D eigenvalue weighted by atomic mass is 19.1. The van der Waals surface area contributed by atoms with Crippen molar-refractivity contribution in [1.82, 2.24) is 15.5 Å². The van der Waals surface area contributed by atoms with Crippen LogP contribution in [0.4, 0.5) is 8.78 Å². The maximum Gasteiger partial charge on any atom is 0.225 e. The van der Waals surface area contributed by atoms with Gasteiger partial charge in [-0.15, -0.1) is 0 Å². The number of hydrogen-bond acceptors (Lipinski definition) is 2.